The fraction of sp³-hybridized carbons (Fsp3) is 0.321. The number of benzene rings is 3. The molecule has 0 atom stereocenters. The molecule has 3 aromatic carbocycles. The van der Waals surface area contributed by atoms with Gasteiger partial charge in [0, 0.05) is 48.5 Å². The molecule has 0 saturated carbocycles. The molecule has 6 nitrogen and oxygen atoms in total. The lowest BCUT2D eigenvalue weighted by atomic mass is 10.1. The number of nitrogens with zero attached hydrogens (tertiary/aromatic N) is 3. The second-order valence-electron chi connectivity index (χ2n) is 9.48. The molecule has 1 heterocycles. The summed E-state index contributed by atoms with van der Waals surface area (Å²) in [6.07, 6.45) is 0. The molecule has 0 radical (unpaired) electrons. The Balaban J connectivity index is 1.56. The monoisotopic (exact) mass is 559 g/mol. The first-order valence-corrected chi connectivity index (χ1v) is 14.3. The highest BCUT2D eigenvalue weighted by Crippen LogP contribution is 2.27. The molecule has 1 amide bonds. The zero-order chi connectivity index (χ0) is 26.7. The van der Waals surface area contributed by atoms with Gasteiger partial charge >= 0.3 is 0 Å². The van der Waals surface area contributed by atoms with Gasteiger partial charge in [-0.15, -0.1) is 0 Å². The summed E-state index contributed by atoms with van der Waals surface area (Å²) in [5.74, 6) is -0.217. The number of hydrogen-bond donors (Lipinski definition) is 0. The summed E-state index contributed by atoms with van der Waals surface area (Å²) < 4.78 is 29.2. The maximum atomic E-state index is 14.0. The molecule has 9 heteroatoms. The van der Waals surface area contributed by atoms with Crippen LogP contribution < -0.4 is 4.90 Å². The van der Waals surface area contributed by atoms with Gasteiger partial charge < -0.3 is 9.80 Å². The fourth-order valence-electron chi connectivity index (χ4n) is 4.86. The number of rotatable bonds is 7. The van der Waals surface area contributed by atoms with Gasteiger partial charge in [0.1, 0.15) is 0 Å². The first kappa shape index (κ1) is 27.5. The topological polar surface area (TPSA) is 60.9 Å². The van der Waals surface area contributed by atoms with Gasteiger partial charge in [0.2, 0.25) is 15.9 Å². The number of amides is 1. The molecule has 1 aliphatic rings. The molecular weight excluding hydrogens is 529 g/mol. The van der Waals surface area contributed by atoms with Crippen LogP contribution in [0, 0.1) is 20.8 Å². The van der Waals surface area contributed by atoms with E-state index in [-0.39, 0.29) is 23.9 Å². The summed E-state index contributed by atoms with van der Waals surface area (Å²) in [5.41, 5.74) is 4.10. The molecule has 196 valence electrons. The molecule has 0 unspecified atom stereocenters. The van der Waals surface area contributed by atoms with Crippen molar-refractivity contribution in [2.24, 2.45) is 0 Å². The zero-order valence-electron chi connectivity index (χ0n) is 21.2. The van der Waals surface area contributed by atoms with E-state index in [0.717, 1.165) is 16.8 Å². The third-order valence-corrected chi connectivity index (χ3v) is 9.18. The average Bonchev–Trinajstić information content (AvgIpc) is 2.84. The van der Waals surface area contributed by atoms with E-state index in [1.807, 2.05) is 43.3 Å². The van der Waals surface area contributed by atoms with Crippen LogP contribution in [0.1, 0.15) is 22.3 Å². The molecule has 37 heavy (non-hydrogen) atoms. The van der Waals surface area contributed by atoms with Gasteiger partial charge in [-0.05, 0) is 67.8 Å². The predicted octanol–water partition coefficient (Wildman–Crippen LogP) is 5.46. The van der Waals surface area contributed by atoms with E-state index in [9.17, 15) is 13.2 Å². The number of carbonyl (C=O) groups excluding carboxylic acids is 1. The minimum atomic E-state index is -3.95. The Hall–Kier alpha value is -2.58. The molecule has 1 saturated heterocycles. The van der Waals surface area contributed by atoms with Crippen LogP contribution in [0.25, 0.3) is 0 Å². The van der Waals surface area contributed by atoms with Crippen molar-refractivity contribution in [2.45, 2.75) is 32.2 Å². The molecular formula is C28H31Cl2N3O3S. The van der Waals surface area contributed by atoms with Crippen molar-refractivity contribution < 1.29 is 13.2 Å². The number of piperazine rings is 1. The van der Waals surface area contributed by atoms with Crippen molar-refractivity contribution in [3.05, 3.63) is 93.0 Å². The lowest BCUT2D eigenvalue weighted by Gasteiger charge is -2.37. The van der Waals surface area contributed by atoms with Crippen LogP contribution in [0.5, 0.6) is 0 Å². The lowest BCUT2D eigenvalue weighted by molar-refractivity contribution is -0.131. The Kier molecular flexibility index (Phi) is 8.49. The predicted molar refractivity (Wildman–Crippen MR) is 150 cm³/mol. The van der Waals surface area contributed by atoms with Gasteiger partial charge in [-0.2, -0.15) is 4.31 Å². The molecule has 0 N–H and O–H groups in total. The highest BCUT2D eigenvalue weighted by Gasteiger charge is 2.32. The van der Waals surface area contributed by atoms with Crippen molar-refractivity contribution in [2.75, 3.05) is 37.6 Å². The Labute approximate surface area is 229 Å². The normalized spacial score (nSPS) is 14.3. The number of anilines is 1. The highest BCUT2D eigenvalue weighted by atomic mass is 35.5. The summed E-state index contributed by atoms with van der Waals surface area (Å²) >= 11 is 12.2. The summed E-state index contributed by atoms with van der Waals surface area (Å²) in [6.45, 7) is 7.65. The van der Waals surface area contributed by atoms with E-state index in [1.165, 1.54) is 4.31 Å². The van der Waals surface area contributed by atoms with E-state index in [4.69, 9.17) is 23.2 Å². The SMILES string of the molecule is Cc1cc(C)c(S(=O)(=O)N(CC(=O)N2CCN(c3cccc(Cl)c3)CC2)Cc2ccc(Cl)cc2)c(C)c1. The van der Waals surface area contributed by atoms with Gasteiger partial charge in [-0.25, -0.2) is 8.42 Å². The van der Waals surface area contributed by atoms with E-state index in [0.29, 0.717) is 47.4 Å². The first-order valence-electron chi connectivity index (χ1n) is 12.2. The molecule has 4 rings (SSSR count). The standard InChI is InChI=1S/C28H31Cl2N3O3S/c1-20-15-21(2)28(22(3)16-20)37(35,36)33(18-23-7-9-24(29)10-8-23)19-27(34)32-13-11-31(12-14-32)26-6-4-5-25(30)17-26/h4-10,15-17H,11-14,18-19H2,1-3H3. The molecule has 0 bridgehead atoms. The molecule has 0 aromatic heterocycles. The Morgan fingerprint density at radius 1 is 0.865 bits per heavy atom. The smallest absolute Gasteiger partial charge is 0.244 e. The van der Waals surface area contributed by atoms with E-state index < -0.39 is 10.0 Å². The summed E-state index contributed by atoms with van der Waals surface area (Å²) in [5, 5.41) is 1.23. The number of carbonyl (C=O) groups is 1. The Morgan fingerprint density at radius 3 is 2.08 bits per heavy atom. The maximum absolute atomic E-state index is 14.0. The van der Waals surface area contributed by atoms with Crippen LogP contribution in [-0.4, -0.2) is 56.3 Å². The zero-order valence-corrected chi connectivity index (χ0v) is 23.6. The van der Waals surface area contributed by atoms with Crippen molar-refractivity contribution in [1.82, 2.24) is 9.21 Å². The van der Waals surface area contributed by atoms with E-state index in [1.54, 1.807) is 43.0 Å². The van der Waals surface area contributed by atoms with Gasteiger partial charge in [0.25, 0.3) is 0 Å². The second kappa shape index (κ2) is 11.4. The largest absolute Gasteiger partial charge is 0.368 e. The van der Waals surface area contributed by atoms with Gasteiger partial charge in [-0.3, -0.25) is 4.79 Å². The fourth-order valence-corrected chi connectivity index (χ4v) is 6.96. The summed E-state index contributed by atoms with van der Waals surface area (Å²) in [4.78, 5) is 17.6. The molecule has 0 spiro atoms. The van der Waals surface area contributed by atoms with Crippen LogP contribution in [-0.2, 0) is 21.4 Å². The highest BCUT2D eigenvalue weighted by molar-refractivity contribution is 7.89. The maximum Gasteiger partial charge on any atom is 0.244 e. The average molecular weight is 561 g/mol. The Bertz CT molecular complexity index is 1360. The third-order valence-electron chi connectivity index (χ3n) is 6.59. The second-order valence-corrected chi connectivity index (χ2v) is 12.2. The van der Waals surface area contributed by atoms with Crippen molar-refractivity contribution >= 4 is 44.8 Å². The van der Waals surface area contributed by atoms with Gasteiger partial charge in [0.15, 0.2) is 0 Å². The van der Waals surface area contributed by atoms with Crippen LogP contribution in [0.2, 0.25) is 10.0 Å². The van der Waals surface area contributed by atoms with Crippen molar-refractivity contribution in [1.29, 1.82) is 0 Å². The van der Waals surface area contributed by atoms with Crippen molar-refractivity contribution in [3.8, 4) is 0 Å². The molecule has 3 aromatic rings. The van der Waals surface area contributed by atoms with Crippen LogP contribution in [0.4, 0.5) is 5.69 Å². The number of halogens is 2. The lowest BCUT2D eigenvalue weighted by Crippen LogP contribution is -2.51. The molecule has 1 fully saturated rings. The minimum absolute atomic E-state index is 0.0699. The quantitative estimate of drug-likeness (QED) is 0.385. The summed E-state index contributed by atoms with van der Waals surface area (Å²) in [6, 6.07) is 18.4. The first-order chi connectivity index (χ1) is 17.5. The third kappa shape index (κ3) is 6.47. The van der Waals surface area contributed by atoms with Crippen LogP contribution >= 0.6 is 23.2 Å². The van der Waals surface area contributed by atoms with Crippen LogP contribution in [0.3, 0.4) is 0 Å². The van der Waals surface area contributed by atoms with Gasteiger partial charge in [0.05, 0.1) is 11.4 Å². The van der Waals surface area contributed by atoms with E-state index in [2.05, 4.69) is 4.90 Å². The van der Waals surface area contributed by atoms with Crippen molar-refractivity contribution in [3.63, 3.8) is 0 Å². The molecule has 0 aliphatic carbocycles. The summed E-state index contributed by atoms with van der Waals surface area (Å²) in [7, 11) is -3.95. The number of hydrogen-bond acceptors (Lipinski definition) is 4. The van der Waals surface area contributed by atoms with E-state index >= 15 is 0 Å². The minimum Gasteiger partial charge on any atom is -0.368 e. The van der Waals surface area contributed by atoms with Gasteiger partial charge in [-0.1, -0.05) is 59.1 Å². The Morgan fingerprint density at radius 2 is 1.49 bits per heavy atom. The number of aryl methyl sites for hydroxylation is 3. The van der Waals surface area contributed by atoms with Crippen LogP contribution in [0.15, 0.2) is 65.6 Å². The molecule has 1 aliphatic heterocycles. The number of sulfonamides is 1.